The van der Waals surface area contributed by atoms with Crippen LogP contribution in [0.2, 0.25) is 0 Å². The molecule has 1 aliphatic carbocycles. The van der Waals surface area contributed by atoms with Crippen LogP contribution in [0.1, 0.15) is 59.0 Å². The molecule has 2 aromatic rings. The zero-order chi connectivity index (χ0) is 16.1. The van der Waals surface area contributed by atoms with Crippen LogP contribution in [0.5, 0.6) is 0 Å². The molecule has 0 spiro atoms. The standard InChI is InChI=1S/C18H20N2O3S/c21-18(14-2-1-7-22-14)20-6-5-12-8-15(23-16(12)9-20)17-19-13(10-24-17)11-3-4-11/h1-2,7,10-12,15-16H,3-6,8-9H2/t12-,15+,16+/m1/s1. The van der Waals surface area contributed by atoms with Crippen LogP contribution in [-0.4, -0.2) is 35.0 Å². The lowest BCUT2D eigenvalue weighted by Crippen LogP contribution is -2.45. The van der Waals surface area contributed by atoms with E-state index in [9.17, 15) is 4.79 Å². The summed E-state index contributed by atoms with van der Waals surface area (Å²) in [6.07, 6.45) is 6.36. The summed E-state index contributed by atoms with van der Waals surface area (Å²) in [4.78, 5) is 19.1. The van der Waals surface area contributed by atoms with Gasteiger partial charge in [0, 0.05) is 24.4 Å². The summed E-state index contributed by atoms with van der Waals surface area (Å²) in [6, 6.07) is 3.48. The second kappa shape index (κ2) is 5.70. The molecule has 2 saturated heterocycles. The van der Waals surface area contributed by atoms with Crippen molar-refractivity contribution < 1.29 is 13.9 Å². The van der Waals surface area contributed by atoms with Gasteiger partial charge in [0.15, 0.2) is 5.76 Å². The Bertz CT molecular complexity index is 737. The Morgan fingerprint density at radius 2 is 2.25 bits per heavy atom. The molecule has 3 fully saturated rings. The van der Waals surface area contributed by atoms with Gasteiger partial charge >= 0.3 is 0 Å². The molecule has 5 nitrogen and oxygen atoms in total. The Kier molecular flexibility index (Phi) is 3.49. The average molecular weight is 344 g/mol. The average Bonchev–Trinajstić information content (AvgIpc) is 3.06. The van der Waals surface area contributed by atoms with Crippen LogP contribution in [0, 0.1) is 5.92 Å². The minimum Gasteiger partial charge on any atom is -0.459 e. The van der Waals surface area contributed by atoms with E-state index in [-0.39, 0.29) is 18.1 Å². The monoisotopic (exact) mass is 344 g/mol. The van der Waals surface area contributed by atoms with Gasteiger partial charge < -0.3 is 14.1 Å². The first kappa shape index (κ1) is 14.7. The molecule has 0 N–H and O–H groups in total. The molecule has 5 rings (SSSR count). The number of ether oxygens (including phenoxy) is 1. The van der Waals surface area contributed by atoms with E-state index < -0.39 is 0 Å². The Balaban J connectivity index is 1.26. The highest BCUT2D eigenvalue weighted by molar-refractivity contribution is 7.09. The maximum atomic E-state index is 12.5. The molecule has 126 valence electrons. The van der Waals surface area contributed by atoms with E-state index in [1.807, 2.05) is 4.90 Å². The van der Waals surface area contributed by atoms with Crippen LogP contribution in [0.3, 0.4) is 0 Å². The number of amides is 1. The van der Waals surface area contributed by atoms with Crippen molar-refractivity contribution in [2.24, 2.45) is 5.92 Å². The number of carbonyl (C=O) groups excluding carboxylic acids is 1. The first-order valence-corrected chi connectivity index (χ1v) is 9.59. The predicted molar refractivity (Wildman–Crippen MR) is 89.0 cm³/mol. The van der Waals surface area contributed by atoms with E-state index in [1.54, 1.807) is 29.7 Å². The van der Waals surface area contributed by atoms with Crippen LogP contribution >= 0.6 is 11.3 Å². The van der Waals surface area contributed by atoms with E-state index in [0.717, 1.165) is 24.4 Å². The smallest absolute Gasteiger partial charge is 0.289 e. The third kappa shape index (κ3) is 2.58. The quantitative estimate of drug-likeness (QED) is 0.853. The first-order chi connectivity index (χ1) is 11.8. The number of aromatic nitrogens is 1. The summed E-state index contributed by atoms with van der Waals surface area (Å²) in [5.41, 5.74) is 1.25. The molecule has 4 heterocycles. The highest BCUT2D eigenvalue weighted by atomic mass is 32.1. The Morgan fingerprint density at radius 1 is 1.33 bits per heavy atom. The Morgan fingerprint density at radius 3 is 3.04 bits per heavy atom. The van der Waals surface area contributed by atoms with Gasteiger partial charge in [-0.25, -0.2) is 4.98 Å². The number of likely N-dealkylation sites (tertiary alicyclic amines) is 1. The largest absolute Gasteiger partial charge is 0.459 e. The fourth-order valence-corrected chi connectivity index (χ4v) is 4.79. The van der Waals surface area contributed by atoms with Crippen molar-refractivity contribution in [2.75, 3.05) is 13.1 Å². The second-order valence-electron chi connectivity index (χ2n) is 7.06. The third-order valence-electron chi connectivity index (χ3n) is 5.38. The highest BCUT2D eigenvalue weighted by Crippen LogP contribution is 2.45. The normalized spacial score (nSPS) is 29.7. The van der Waals surface area contributed by atoms with Gasteiger partial charge in [0.2, 0.25) is 0 Å². The molecule has 3 atom stereocenters. The lowest BCUT2D eigenvalue weighted by Gasteiger charge is -2.33. The molecular weight excluding hydrogens is 324 g/mol. The van der Waals surface area contributed by atoms with Crippen molar-refractivity contribution >= 4 is 17.2 Å². The molecule has 0 bridgehead atoms. The van der Waals surface area contributed by atoms with Crippen molar-refractivity contribution in [1.29, 1.82) is 0 Å². The zero-order valence-corrected chi connectivity index (χ0v) is 14.2. The van der Waals surface area contributed by atoms with Crippen molar-refractivity contribution in [3.8, 4) is 0 Å². The number of nitrogens with zero attached hydrogens (tertiary/aromatic N) is 2. The van der Waals surface area contributed by atoms with Crippen LogP contribution in [-0.2, 0) is 4.74 Å². The lowest BCUT2D eigenvalue weighted by atomic mass is 9.92. The molecule has 6 heteroatoms. The Hall–Kier alpha value is -1.66. The predicted octanol–water partition coefficient (Wildman–Crippen LogP) is 3.61. The van der Waals surface area contributed by atoms with Crippen LogP contribution in [0.15, 0.2) is 28.2 Å². The fraction of sp³-hybridized carbons (Fsp3) is 0.556. The molecule has 1 saturated carbocycles. The summed E-state index contributed by atoms with van der Waals surface area (Å²) in [7, 11) is 0. The topological polar surface area (TPSA) is 55.6 Å². The minimum absolute atomic E-state index is 0.0317. The third-order valence-corrected chi connectivity index (χ3v) is 6.34. The van der Waals surface area contributed by atoms with E-state index in [2.05, 4.69) is 5.38 Å². The van der Waals surface area contributed by atoms with Crippen molar-refractivity contribution in [3.05, 3.63) is 40.2 Å². The molecule has 2 aliphatic heterocycles. The van der Waals surface area contributed by atoms with Crippen LogP contribution < -0.4 is 0 Å². The van der Waals surface area contributed by atoms with Crippen LogP contribution in [0.4, 0.5) is 0 Å². The molecule has 3 aliphatic rings. The van der Waals surface area contributed by atoms with Gasteiger partial charge in [-0.3, -0.25) is 4.79 Å². The number of hydrogen-bond donors (Lipinski definition) is 0. The SMILES string of the molecule is O=C(c1ccco1)N1CC[C@@H]2C[C@@H](c3nc(C4CC4)cs3)O[C@H]2C1. The highest BCUT2D eigenvalue weighted by Gasteiger charge is 2.42. The summed E-state index contributed by atoms with van der Waals surface area (Å²) < 4.78 is 11.5. The van der Waals surface area contributed by atoms with E-state index in [4.69, 9.17) is 14.1 Å². The first-order valence-electron chi connectivity index (χ1n) is 8.71. The Labute approximate surface area is 144 Å². The summed E-state index contributed by atoms with van der Waals surface area (Å²) in [5, 5.41) is 3.32. The van der Waals surface area contributed by atoms with Crippen molar-refractivity contribution in [1.82, 2.24) is 9.88 Å². The molecule has 24 heavy (non-hydrogen) atoms. The van der Waals surface area contributed by atoms with Gasteiger partial charge in [0.05, 0.1) is 18.1 Å². The number of thiazole rings is 1. The maximum absolute atomic E-state index is 12.5. The van der Waals surface area contributed by atoms with Gasteiger partial charge in [-0.15, -0.1) is 11.3 Å². The zero-order valence-electron chi connectivity index (χ0n) is 13.4. The molecule has 0 unspecified atom stereocenters. The van der Waals surface area contributed by atoms with Gasteiger partial charge in [0.25, 0.3) is 5.91 Å². The second-order valence-corrected chi connectivity index (χ2v) is 7.95. The van der Waals surface area contributed by atoms with Gasteiger partial charge in [-0.1, -0.05) is 0 Å². The van der Waals surface area contributed by atoms with E-state index >= 15 is 0 Å². The lowest BCUT2D eigenvalue weighted by molar-refractivity contribution is -0.00533. The van der Waals surface area contributed by atoms with E-state index in [0.29, 0.717) is 24.1 Å². The number of furan rings is 1. The fourth-order valence-electron chi connectivity index (χ4n) is 3.85. The molecule has 0 aromatic carbocycles. The molecule has 2 aromatic heterocycles. The maximum Gasteiger partial charge on any atom is 0.289 e. The van der Waals surface area contributed by atoms with Crippen molar-refractivity contribution in [3.63, 3.8) is 0 Å². The number of hydrogen-bond acceptors (Lipinski definition) is 5. The van der Waals surface area contributed by atoms with Gasteiger partial charge in [-0.2, -0.15) is 0 Å². The number of carbonyl (C=O) groups is 1. The molecule has 0 radical (unpaired) electrons. The van der Waals surface area contributed by atoms with Gasteiger partial charge in [-0.05, 0) is 43.7 Å². The van der Waals surface area contributed by atoms with Crippen molar-refractivity contribution in [2.45, 2.75) is 43.8 Å². The molecular formula is C18H20N2O3S. The number of piperidine rings is 1. The van der Waals surface area contributed by atoms with Gasteiger partial charge in [0.1, 0.15) is 11.1 Å². The number of fused-ring (bicyclic) bond motifs is 1. The summed E-state index contributed by atoms with van der Waals surface area (Å²) >= 11 is 1.73. The summed E-state index contributed by atoms with van der Waals surface area (Å²) in [5.74, 6) is 1.61. The summed E-state index contributed by atoms with van der Waals surface area (Å²) in [6.45, 7) is 1.43. The van der Waals surface area contributed by atoms with Crippen LogP contribution in [0.25, 0.3) is 0 Å². The molecule has 1 amide bonds. The van der Waals surface area contributed by atoms with E-state index in [1.165, 1.54) is 18.5 Å². The number of rotatable bonds is 3. The minimum atomic E-state index is -0.0317.